The molecule has 1 spiro atoms. The molecule has 0 aromatic carbocycles. The fraction of sp³-hybridized carbons (Fsp3) is 0.957. The minimum atomic E-state index is -0.337. The van der Waals surface area contributed by atoms with Gasteiger partial charge in [0.1, 0.15) is 6.10 Å². The summed E-state index contributed by atoms with van der Waals surface area (Å²) >= 11 is 4.23. The first-order valence-corrected chi connectivity index (χ1v) is 12.4. The van der Waals surface area contributed by atoms with Crippen LogP contribution in [0.1, 0.15) is 65.2 Å². The number of carbonyl (C=O) groups excluding carboxylic acids is 1. The average Bonchev–Trinajstić information content (AvgIpc) is 3.30. The maximum absolute atomic E-state index is 11.6. The Morgan fingerprint density at radius 3 is 2.59 bits per heavy atom. The summed E-state index contributed by atoms with van der Waals surface area (Å²) in [6.07, 6.45) is 8.96. The molecule has 6 fully saturated rings. The topological polar surface area (TPSA) is 54.0 Å². The van der Waals surface area contributed by atoms with E-state index < -0.39 is 0 Å². The molecular weight excluding hydrogens is 436 g/mol. The van der Waals surface area contributed by atoms with E-state index in [1.807, 2.05) is 0 Å². The molecule has 8 atom stereocenters. The van der Waals surface area contributed by atoms with E-state index in [2.05, 4.69) is 22.9 Å². The number of hydrogen-bond donors (Lipinski definition) is 0. The lowest BCUT2D eigenvalue weighted by Gasteiger charge is -2.63. The van der Waals surface area contributed by atoms with Crippen LogP contribution in [0.4, 0.5) is 0 Å². The van der Waals surface area contributed by atoms with Crippen LogP contribution in [0, 0.1) is 28.6 Å². The van der Waals surface area contributed by atoms with Crippen LogP contribution in [-0.2, 0) is 23.7 Å². The summed E-state index contributed by atoms with van der Waals surface area (Å²) in [5, 5.41) is 0. The van der Waals surface area contributed by atoms with Crippen LogP contribution in [0.25, 0.3) is 0 Å². The Balaban J connectivity index is 1.32. The first kappa shape index (κ1) is 19.5. The Morgan fingerprint density at radius 1 is 1.07 bits per heavy atom. The van der Waals surface area contributed by atoms with Gasteiger partial charge in [-0.1, -0.05) is 22.9 Å². The third-order valence-corrected chi connectivity index (χ3v) is 11.7. The largest absolute Gasteiger partial charge is 0.463 e. The summed E-state index contributed by atoms with van der Waals surface area (Å²) in [5.41, 5.74) is 0.299. The monoisotopic (exact) mass is 468 g/mol. The van der Waals surface area contributed by atoms with Crippen LogP contribution >= 0.6 is 15.9 Å². The van der Waals surface area contributed by atoms with Gasteiger partial charge in [0.15, 0.2) is 5.79 Å². The van der Waals surface area contributed by atoms with Crippen molar-refractivity contribution in [2.24, 2.45) is 28.6 Å². The smallest absolute Gasteiger partial charge is 0.302 e. The third kappa shape index (κ3) is 2.30. The molecule has 4 aliphatic carbocycles. The Labute approximate surface area is 181 Å². The van der Waals surface area contributed by atoms with Gasteiger partial charge in [0.2, 0.25) is 0 Å². The van der Waals surface area contributed by atoms with Gasteiger partial charge < -0.3 is 18.9 Å². The lowest BCUT2D eigenvalue weighted by atomic mass is 9.44. The second-order valence-electron chi connectivity index (χ2n) is 10.8. The molecule has 2 aliphatic heterocycles. The fourth-order valence-electron chi connectivity index (χ4n) is 8.91. The quantitative estimate of drug-likeness (QED) is 0.426. The van der Waals surface area contributed by atoms with Gasteiger partial charge in [-0.15, -0.1) is 0 Å². The number of ether oxygens (including phenoxy) is 4. The maximum atomic E-state index is 11.6. The van der Waals surface area contributed by atoms with E-state index in [1.165, 1.54) is 26.2 Å². The highest BCUT2D eigenvalue weighted by atomic mass is 79.9. The molecule has 5 nitrogen and oxygen atoms in total. The predicted octanol–water partition coefficient (Wildman–Crippen LogP) is 4.21. The summed E-state index contributed by atoms with van der Waals surface area (Å²) in [6.45, 7) is 6.32. The van der Waals surface area contributed by atoms with Gasteiger partial charge in [-0.3, -0.25) is 4.79 Å². The molecule has 0 aromatic heterocycles. The number of halogens is 1. The van der Waals surface area contributed by atoms with Crippen LogP contribution in [0.2, 0.25) is 0 Å². The molecule has 6 heteroatoms. The normalized spacial score (nSPS) is 54.7. The highest BCUT2D eigenvalue weighted by molar-refractivity contribution is 9.10. The van der Waals surface area contributed by atoms with Crippen LogP contribution in [-0.4, -0.2) is 48.1 Å². The first-order valence-electron chi connectivity index (χ1n) is 11.6. The van der Waals surface area contributed by atoms with Crippen molar-refractivity contribution >= 4 is 21.9 Å². The number of carbonyl (C=O) groups is 1. The van der Waals surface area contributed by atoms with Crippen LogP contribution < -0.4 is 0 Å². The van der Waals surface area contributed by atoms with E-state index in [4.69, 9.17) is 18.9 Å². The molecule has 6 rings (SSSR count). The van der Waals surface area contributed by atoms with Crippen molar-refractivity contribution in [2.75, 3.05) is 19.8 Å². The van der Waals surface area contributed by atoms with E-state index in [0.29, 0.717) is 17.8 Å². The molecule has 0 amide bonds. The zero-order valence-electron chi connectivity index (χ0n) is 17.6. The standard InChI is InChI=1S/C23H33BrO5/c1-14(25)29-15-3-7-21-13-26-19(22(21,24)12-15)11-16-17-5-8-23(27-9-10-28-23)20(17,2)6-4-18(16)21/h15-19H,3-13H2,1-2H3. The Hall–Kier alpha value is -0.170. The van der Waals surface area contributed by atoms with Gasteiger partial charge in [-0.2, -0.15) is 0 Å². The zero-order chi connectivity index (χ0) is 20.1. The van der Waals surface area contributed by atoms with Crippen molar-refractivity contribution < 1.29 is 23.7 Å². The third-order valence-electron chi connectivity index (χ3n) is 10.1. The van der Waals surface area contributed by atoms with Gasteiger partial charge in [-0.05, 0) is 56.3 Å². The average molecular weight is 469 g/mol. The molecule has 0 aromatic rings. The maximum Gasteiger partial charge on any atom is 0.302 e. The Morgan fingerprint density at radius 2 is 1.83 bits per heavy atom. The minimum absolute atomic E-state index is 0.0182. The minimum Gasteiger partial charge on any atom is -0.463 e. The van der Waals surface area contributed by atoms with Crippen molar-refractivity contribution in [1.29, 1.82) is 0 Å². The summed E-state index contributed by atoms with van der Waals surface area (Å²) in [4.78, 5) is 11.6. The van der Waals surface area contributed by atoms with Gasteiger partial charge in [0.05, 0.1) is 30.2 Å². The van der Waals surface area contributed by atoms with E-state index in [-0.39, 0.29) is 39.1 Å². The molecule has 8 unspecified atom stereocenters. The second kappa shape index (κ2) is 6.20. The van der Waals surface area contributed by atoms with E-state index >= 15 is 0 Å². The van der Waals surface area contributed by atoms with Crippen molar-refractivity contribution in [1.82, 2.24) is 0 Å². The molecule has 29 heavy (non-hydrogen) atoms. The molecule has 2 heterocycles. The number of fused-ring (bicyclic) bond motifs is 4. The summed E-state index contributed by atoms with van der Waals surface area (Å²) in [6, 6.07) is 0. The SMILES string of the molecule is CC(=O)OC1CCC23COC(CC4C5CCC6(OCCO6)C5(C)CCC42)C3(Br)C1. The second-order valence-corrected chi connectivity index (χ2v) is 12.3. The summed E-state index contributed by atoms with van der Waals surface area (Å²) in [7, 11) is 0. The van der Waals surface area contributed by atoms with Crippen molar-refractivity contribution in [3.63, 3.8) is 0 Å². The number of esters is 1. The molecular formula is C23H33BrO5. The van der Waals surface area contributed by atoms with Crippen LogP contribution in [0.15, 0.2) is 0 Å². The van der Waals surface area contributed by atoms with Gasteiger partial charge in [0, 0.05) is 30.6 Å². The van der Waals surface area contributed by atoms with Crippen molar-refractivity contribution in [2.45, 2.75) is 87.5 Å². The molecule has 0 radical (unpaired) electrons. The Kier molecular flexibility index (Phi) is 4.17. The van der Waals surface area contributed by atoms with Crippen molar-refractivity contribution in [3.05, 3.63) is 0 Å². The highest BCUT2D eigenvalue weighted by Gasteiger charge is 2.74. The van der Waals surface area contributed by atoms with Gasteiger partial charge in [-0.25, -0.2) is 0 Å². The summed E-state index contributed by atoms with van der Waals surface area (Å²) < 4.78 is 24.7. The molecule has 162 valence electrons. The molecule has 2 saturated heterocycles. The van der Waals surface area contributed by atoms with Crippen molar-refractivity contribution in [3.8, 4) is 0 Å². The molecule has 6 aliphatic rings. The summed E-state index contributed by atoms with van der Waals surface area (Å²) in [5.74, 6) is 1.52. The fourth-order valence-corrected chi connectivity index (χ4v) is 10.2. The van der Waals surface area contributed by atoms with Gasteiger partial charge in [0.25, 0.3) is 0 Å². The van der Waals surface area contributed by atoms with Crippen LogP contribution in [0.3, 0.4) is 0 Å². The van der Waals surface area contributed by atoms with Gasteiger partial charge >= 0.3 is 5.97 Å². The molecule has 2 bridgehead atoms. The highest BCUT2D eigenvalue weighted by Crippen LogP contribution is 2.74. The van der Waals surface area contributed by atoms with E-state index in [1.54, 1.807) is 0 Å². The zero-order valence-corrected chi connectivity index (χ0v) is 19.2. The number of alkyl halides is 1. The first-order chi connectivity index (χ1) is 13.8. The Bertz CT molecular complexity index is 722. The lowest BCUT2D eigenvalue weighted by Crippen LogP contribution is -2.64. The van der Waals surface area contributed by atoms with E-state index in [0.717, 1.165) is 51.9 Å². The van der Waals surface area contributed by atoms with Crippen LogP contribution in [0.5, 0.6) is 0 Å². The lowest BCUT2D eigenvalue weighted by molar-refractivity contribution is -0.245. The number of hydrogen-bond acceptors (Lipinski definition) is 5. The predicted molar refractivity (Wildman–Crippen MR) is 110 cm³/mol. The van der Waals surface area contributed by atoms with E-state index in [9.17, 15) is 4.79 Å². The molecule has 0 N–H and O–H groups in total. The molecule has 4 saturated carbocycles. The number of rotatable bonds is 1.